The van der Waals surface area contributed by atoms with E-state index in [1.807, 2.05) is 41.7 Å². The van der Waals surface area contributed by atoms with E-state index in [1.165, 1.54) is 0 Å². The Labute approximate surface area is 185 Å². The number of carbonyl (C=O) groups is 2. The van der Waals surface area contributed by atoms with Crippen LogP contribution in [0.5, 0.6) is 0 Å². The van der Waals surface area contributed by atoms with Crippen molar-refractivity contribution < 1.29 is 23.5 Å². The molecular weight excluding hydrogens is 403 g/mol. The second-order valence-electron chi connectivity index (χ2n) is 9.84. The van der Waals surface area contributed by atoms with Crippen LogP contribution >= 0.6 is 0 Å². The zero-order valence-electron chi connectivity index (χ0n) is 19.9. The number of ether oxygens (including phenoxy) is 2. The third kappa shape index (κ3) is 7.07. The Morgan fingerprint density at radius 2 is 2.00 bits per heavy atom. The van der Waals surface area contributed by atoms with E-state index < -0.39 is 5.60 Å². The molecule has 1 saturated heterocycles. The van der Waals surface area contributed by atoms with Gasteiger partial charge in [0, 0.05) is 44.7 Å². The average Bonchev–Trinajstić information content (AvgIpc) is 3.39. The number of likely N-dealkylation sites (N-methyl/N-ethyl adjacent to an activating group) is 2. The fraction of sp³-hybridized carbons (Fsp3) is 0.818. The molecule has 5 atom stereocenters. The van der Waals surface area contributed by atoms with Crippen LogP contribution < -0.4 is 5.73 Å². The molecule has 1 aliphatic heterocycles. The fourth-order valence-electron chi connectivity index (χ4n) is 3.66. The molecular formula is C22H39FN4O4. The second kappa shape index (κ2) is 10.2. The zero-order valence-corrected chi connectivity index (χ0v) is 19.9. The van der Waals surface area contributed by atoms with Gasteiger partial charge in [0.25, 0.3) is 0 Å². The van der Waals surface area contributed by atoms with Gasteiger partial charge >= 0.3 is 12.2 Å². The summed E-state index contributed by atoms with van der Waals surface area (Å²) in [6, 6.07) is -0.0589. The number of amides is 2. The SMILES string of the molecule is CC([C@@H](C)/C=C(/F)C1C[C@@H]1N(C)CCN(C)C(=O)OC(C)(C)C)N1C[C@H](CN)OC1=O. The maximum Gasteiger partial charge on any atom is 0.410 e. The highest BCUT2D eigenvalue weighted by molar-refractivity contribution is 5.70. The highest BCUT2D eigenvalue weighted by atomic mass is 19.1. The molecule has 8 nitrogen and oxygen atoms in total. The number of carbonyl (C=O) groups excluding carboxylic acids is 2. The van der Waals surface area contributed by atoms with Gasteiger partial charge in [-0.15, -0.1) is 0 Å². The number of cyclic esters (lactones) is 1. The van der Waals surface area contributed by atoms with Gasteiger partial charge in [-0.25, -0.2) is 14.0 Å². The van der Waals surface area contributed by atoms with Crippen molar-refractivity contribution in [2.75, 3.05) is 40.3 Å². The molecule has 31 heavy (non-hydrogen) atoms. The van der Waals surface area contributed by atoms with Crippen molar-refractivity contribution in [3.8, 4) is 0 Å². The number of hydrogen-bond acceptors (Lipinski definition) is 6. The van der Waals surface area contributed by atoms with Crippen molar-refractivity contribution in [2.24, 2.45) is 17.6 Å². The first-order valence-corrected chi connectivity index (χ1v) is 11.0. The summed E-state index contributed by atoms with van der Waals surface area (Å²) in [4.78, 5) is 29.3. The summed E-state index contributed by atoms with van der Waals surface area (Å²) in [5, 5.41) is 0. The van der Waals surface area contributed by atoms with E-state index in [0.29, 0.717) is 19.6 Å². The van der Waals surface area contributed by atoms with Crippen molar-refractivity contribution in [1.82, 2.24) is 14.7 Å². The first-order valence-electron chi connectivity index (χ1n) is 11.0. The Kier molecular flexibility index (Phi) is 8.33. The van der Waals surface area contributed by atoms with E-state index in [2.05, 4.69) is 4.90 Å². The lowest BCUT2D eigenvalue weighted by Gasteiger charge is -2.26. The zero-order chi connectivity index (χ0) is 23.5. The van der Waals surface area contributed by atoms with Gasteiger partial charge in [-0.3, -0.25) is 0 Å². The van der Waals surface area contributed by atoms with Crippen molar-refractivity contribution in [2.45, 2.75) is 64.8 Å². The highest BCUT2D eigenvalue weighted by Gasteiger charge is 2.44. The number of hydrogen-bond donors (Lipinski definition) is 1. The molecule has 0 bridgehead atoms. The highest BCUT2D eigenvalue weighted by Crippen LogP contribution is 2.42. The van der Waals surface area contributed by atoms with Gasteiger partial charge in [-0.05, 0) is 53.2 Å². The van der Waals surface area contributed by atoms with Crippen LogP contribution in [0.3, 0.4) is 0 Å². The molecule has 0 spiro atoms. The molecule has 1 saturated carbocycles. The van der Waals surface area contributed by atoms with Gasteiger partial charge in [0.1, 0.15) is 17.5 Å². The van der Waals surface area contributed by atoms with Gasteiger partial charge < -0.3 is 29.9 Å². The van der Waals surface area contributed by atoms with E-state index in [0.717, 1.165) is 6.42 Å². The lowest BCUT2D eigenvalue weighted by Crippen LogP contribution is -2.39. The van der Waals surface area contributed by atoms with E-state index in [-0.39, 0.29) is 54.6 Å². The minimum absolute atomic E-state index is 0.115. The predicted octanol–water partition coefficient (Wildman–Crippen LogP) is 2.83. The van der Waals surface area contributed by atoms with E-state index >= 15 is 0 Å². The molecule has 0 radical (unpaired) electrons. The largest absolute Gasteiger partial charge is 0.444 e. The summed E-state index contributed by atoms with van der Waals surface area (Å²) in [6.45, 7) is 11.2. The third-order valence-corrected chi connectivity index (χ3v) is 6.01. The number of halogens is 1. The minimum atomic E-state index is -0.530. The second-order valence-corrected chi connectivity index (χ2v) is 9.84. The normalized spacial score (nSPS) is 26.0. The molecule has 2 amide bonds. The molecule has 2 rings (SSSR count). The Hall–Kier alpha value is -1.87. The van der Waals surface area contributed by atoms with Gasteiger partial charge in [-0.2, -0.15) is 0 Å². The van der Waals surface area contributed by atoms with Crippen molar-refractivity contribution in [3.05, 3.63) is 11.9 Å². The van der Waals surface area contributed by atoms with E-state index in [4.69, 9.17) is 15.2 Å². The number of nitrogens with zero attached hydrogens (tertiary/aromatic N) is 3. The number of nitrogens with two attached hydrogens (primary N) is 1. The third-order valence-electron chi connectivity index (χ3n) is 6.01. The molecule has 9 heteroatoms. The van der Waals surface area contributed by atoms with Gasteiger partial charge in [0.15, 0.2) is 0 Å². The van der Waals surface area contributed by atoms with E-state index in [9.17, 15) is 14.0 Å². The average molecular weight is 443 g/mol. The van der Waals surface area contributed by atoms with Gasteiger partial charge in [0.2, 0.25) is 0 Å². The molecule has 0 aromatic carbocycles. The van der Waals surface area contributed by atoms with Crippen molar-refractivity contribution in [3.63, 3.8) is 0 Å². The Balaban J connectivity index is 1.81. The van der Waals surface area contributed by atoms with Crippen LogP contribution in [0.2, 0.25) is 0 Å². The molecule has 0 aromatic heterocycles. The number of rotatable bonds is 9. The quantitative estimate of drug-likeness (QED) is 0.591. The van der Waals surface area contributed by atoms with Gasteiger partial charge in [-0.1, -0.05) is 6.92 Å². The van der Waals surface area contributed by atoms with Crippen LogP contribution in [-0.4, -0.2) is 90.9 Å². The fourth-order valence-corrected chi connectivity index (χ4v) is 3.66. The Bertz CT molecular complexity index is 681. The summed E-state index contributed by atoms with van der Waals surface area (Å²) in [5.74, 6) is -0.428. The van der Waals surface area contributed by atoms with Crippen LogP contribution in [0, 0.1) is 11.8 Å². The summed E-state index contributed by atoms with van der Waals surface area (Å²) in [7, 11) is 3.65. The maximum atomic E-state index is 14.8. The lowest BCUT2D eigenvalue weighted by molar-refractivity contribution is 0.0285. The minimum Gasteiger partial charge on any atom is -0.444 e. The molecule has 2 unspecified atom stereocenters. The molecule has 178 valence electrons. The smallest absolute Gasteiger partial charge is 0.410 e. The topological polar surface area (TPSA) is 88.3 Å². The Morgan fingerprint density at radius 1 is 1.35 bits per heavy atom. The van der Waals surface area contributed by atoms with Gasteiger partial charge in [0.05, 0.1) is 6.54 Å². The molecule has 1 heterocycles. The summed E-state index contributed by atoms with van der Waals surface area (Å²) < 4.78 is 25.4. The summed E-state index contributed by atoms with van der Waals surface area (Å²) in [6.07, 6.45) is 1.33. The van der Waals surface area contributed by atoms with Crippen LogP contribution in [-0.2, 0) is 9.47 Å². The van der Waals surface area contributed by atoms with Crippen molar-refractivity contribution in [1.29, 1.82) is 0 Å². The standard InChI is InChI=1S/C22H39FN4O4/c1-14(15(2)27-13-16(12-24)30-21(27)29)10-18(23)17-11-19(17)25(6)8-9-26(7)20(28)31-22(3,4)5/h10,14-17,19H,8-9,11-13,24H2,1-7H3/b18-10+/t14-,15?,16-,17?,19-/m0/s1. The van der Waals surface area contributed by atoms with Crippen molar-refractivity contribution >= 4 is 12.2 Å². The van der Waals surface area contributed by atoms with Crippen LogP contribution in [0.25, 0.3) is 0 Å². The summed E-state index contributed by atoms with van der Waals surface area (Å²) in [5.41, 5.74) is 5.05. The van der Waals surface area contributed by atoms with Crippen LogP contribution in [0.15, 0.2) is 11.9 Å². The molecule has 1 aliphatic carbocycles. The summed E-state index contributed by atoms with van der Waals surface area (Å²) >= 11 is 0. The first kappa shape index (κ1) is 25.4. The van der Waals surface area contributed by atoms with E-state index in [1.54, 1.807) is 22.9 Å². The van der Waals surface area contributed by atoms with Crippen LogP contribution in [0.1, 0.15) is 41.0 Å². The van der Waals surface area contributed by atoms with Crippen LogP contribution in [0.4, 0.5) is 14.0 Å². The molecule has 2 aliphatic rings. The maximum absolute atomic E-state index is 14.8. The lowest BCUT2D eigenvalue weighted by atomic mass is 10.0. The monoisotopic (exact) mass is 442 g/mol. The first-order chi connectivity index (χ1) is 14.3. The predicted molar refractivity (Wildman–Crippen MR) is 117 cm³/mol. The Morgan fingerprint density at radius 3 is 2.55 bits per heavy atom. The molecule has 2 fully saturated rings. The molecule has 2 N–H and O–H groups in total. The molecule has 0 aromatic rings.